The van der Waals surface area contributed by atoms with Crippen LogP contribution < -0.4 is 53.2 Å². The van der Waals surface area contributed by atoms with Crippen molar-refractivity contribution >= 4 is 155 Å². The molecule has 11 rings (SSSR count). The van der Waals surface area contributed by atoms with Crippen molar-refractivity contribution in [3.8, 4) is 0 Å². The van der Waals surface area contributed by atoms with E-state index in [1.54, 1.807) is 68.5 Å². The molecule has 0 fully saturated rings. The van der Waals surface area contributed by atoms with E-state index in [2.05, 4.69) is 159 Å². The number of nitro groups is 1. The number of aromatic nitrogens is 3. The number of para-hydroxylation sites is 3. The molecule has 0 amide bonds. The molecule has 30 heteroatoms. The summed E-state index contributed by atoms with van der Waals surface area (Å²) < 4.78 is 0. The second-order valence-corrected chi connectivity index (χ2v) is 21.9. The van der Waals surface area contributed by atoms with Crippen molar-refractivity contribution in [3.05, 3.63) is 211 Å². The largest absolute Gasteiger partial charge is 0.693 e. The Morgan fingerprint density at radius 3 is 0.952 bits per heavy atom. The van der Waals surface area contributed by atoms with E-state index < -0.39 is 0 Å². The molecule has 11 aromatic rings. The van der Waals surface area contributed by atoms with Crippen LogP contribution in [0.25, 0.3) is 124 Å². The van der Waals surface area contributed by atoms with Gasteiger partial charge in [-0.2, -0.15) is 0 Å². The van der Waals surface area contributed by atoms with Gasteiger partial charge >= 0.3 is 84.6 Å². The van der Waals surface area contributed by atoms with Gasteiger partial charge in [-0.25, -0.2) is 15.0 Å². The van der Waals surface area contributed by atoms with Crippen LogP contribution in [0.4, 0.5) is 22.7 Å². The number of halogens is 6. The first-order valence-corrected chi connectivity index (χ1v) is 40.4. The van der Waals surface area contributed by atoms with Gasteiger partial charge in [0, 0.05) is 135 Å². The molecule has 0 radical (unpaired) electrons. The third-order valence-electron chi connectivity index (χ3n) is 14.7. The molecule has 104 heavy (non-hydrogen) atoms. The number of fused-ring (bicyclic) bond motifs is 10. The first-order valence-electron chi connectivity index (χ1n) is 31.9. The summed E-state index contributed by atoms with van der Waals surface area (Å²) in [5.41, 5.74) is 8.74. The van der Waals surface area contributed by atoms with E-state index in [0.717, 1.165) is 127 Å². The average molecular weight is 2090 g/mol. The molecule has 18 N–H and O–H groups in total. The van der Waals surface area contributed by atoms with Crippen LogP contribution in [0, 0.1) is 26.3 Å². The number of hydrogen-bond donors (Lipinski definition) is 6. The molecule has 0 unspecified atom stereocenters. The van der Waals surface area contributed by atoms with Crippen LogP contribution in [-0.2, 0) is 56.3 Å². The van der Waals surface area contributed by atoms with Gasteiger partial charge in [-0.1, -0.05) is 209 Å². The zero-order valence-electron chi connectivity index (χ0n) is 61.2. The van der Waals surface area contributed by atoms with Gasteiger partial charge < -0.3 is 105 Å². The third kappa shape index (κ3) is 32.3. The minimum absolute atomic E-state index is 0. The number of hydrogen-bond acceptors (Lipinski definition) is 11. The minimum atomic E-state index is -0.385. The SMILES string of the molecule is CCC.CCC.CCC.CCC(=N)N(C)CCNc1c2cc([N+](=O)[O-])ccc2nc2c1ccc1ccccc12.CCC(=N)N(C)CCNc1c2ccccc2nc2c1ccc1ccccc12.CCC(=N)N(C)CCNc1c2ccccc2nc2ccccc12.[Cl-].[Cl-].[Cl-].[Cl][Pt].[Cl][Pt].[Cl][Pt].[NH2-].[NH2-].[NH2-].[NH2-].[NH2-].[NH2-]. The Hall–Kier alpha value is -5.94. The van der Waals surface area contributed by atoms with Crippen molar-refractivity contribution in [2.75, 3.05) is 76.4 Å². The molecule has 0 bridgehead atoms. The third-order valence-corrected chi connectivity index (χ3v) is 14.7. The average Bonchev–Trinajstić information content (AvgIpc) is 0.763. The van der Waals surface area contributed by atoms with E-state index >= 15 is 0 Å². The van der Waals surface area contributed by atoms with Gasteiger partial charge in [0.05, 0.1) is 72.6 Å². The van der Waals surface area contributed by atoms with E-state index in [1.807, 2.05) is 129 Å². The van der Waals surface area contributed by atoms with E-state index in [9.17, 15) is 10.1 Å². The van der Waals surface area contributed by atoms with Crippen molar-refractivity contribution in [2.24, 2.45) is 0 Å². The number of non-ortho nitro benzene ring substituents is 1. The summed E-state index contributed by atoms with van der Waals surface area (Å²) in [7, 11) is 19.7. The fraction of sp³-hybridized carbons (Fsp3) is 0.324. The Labute approximate surface area is 681 Å². The molecule has 0 spiro atoms. The van der Waals surface area contributed by atoms with Gasteiger partial charge in [0.1, 0.15) is 0 Å². The van der Waals surface area contributed by atoms with Crippen LogP contribution in [-0.4, -0.2) is 112 Å². The van der Waals surface area contributed by atoms with Crippen molar-refractivity contribution in [3.63, 3.8) is 0 Å². The number of pyridine rings is 3. The molecule has 589 valence electrons. The predicted molar refractivity (Wildman–Crippen MR) is 434 cm³/mol. The zero-order chi connectivity index (χ0) is 70.4. The van der Waals surface area contributed by atoms with Crippen molar-refractivity contribution < 1.29 is 98.5 Å². The summed E-state index contributed by atoms with van der Waals surface area (Å²) >= 11 is 4.83. The van der Waals surface area contributed by atoms with Crippen LogP contribution in [0.3, 0.4) is 0 Å². The molecule has 0 atom stereocenters. The van der Waals surface area contributed by atoms with E-state index in [4.69, 9.17) is 31.2 Å². The second-order valence-electron chi connectivity index (χ2n) is 21.9. The van der Waals surface area contributed by atoms with Crippen LogP contribution in [0.5, 0.6) is 0 Å². The van der Waals surface area contributed by atoms with Gasteiger partial charge in [-0.05, 0) is 35.0 Å². The number of nitro benzene ring substituents is 1. The smallest absolute Gasteiger partial charge is 0.693 e. The summed E-state index contributed by atoms with van der Waals surface area (Å²) in [5, 5.41) is 56.5. The van der Waals surface area contributed by atoms with Gasteiger partial charge in [0.2, 0.25) is 0 Å². The molecule has 0 aliphatic rings. The predicted octanol–water partition coefficient (Wildman–Crippen LogP) is 16.2. The number of anilines is 3. The van der Waals surface area contributed by atoms with E-state index in [1.165, 1.54) is 36.1 Å². The zero-order valence-corrected chi connectivity index (χ0v) is 72.6. The quantitative estimate of drug-likeness (QED) is 0.0132. The Kier molecular flexibility index (Phi) is 66.6. The Morgan fingerprint density at radius 2 is 0.644 bits per heavy atom. The number of likely N-dealkylation sites (N-methyl/N-ethyl adjacent to an activating group) is 3. The van der Waals surface area contributed by atoms with Gasteiger partial charge in [-0.3, -0.25) is 26.3 Å². The maximum Gasteiger partial charge on any atom is -0.693 e. The monoisotopic (exact) mass is 2090 g/mol. The molecular weight excluding hydrogens is 1980 g/mol. The van der Waals surface area contributed by atoms with Gasteiger partial charge in [0.15, 0.2) is 0 Å². The fourth-order valence-electron chi connectivity index (χ4n) is 10.1. The van der Waals surface area contributed by atoms with Crippen molar-refractivity contribution in [1.82, 2.24) is 29.7 Å². The molecule has 8 aromatic carbocycles. The Balaban J connectivity index is -0.000000239. The van der Waals surface area contributed by atoms with Crippen LogP contribution in [0.2, 0.25) is 0 Å². The molecule has 3 heterocycles. The molecule has 0 saturated heterocycles. The maximum atomic E-state index is 11.3. The molecule has 21 nitrogen and oxygen atoms in total. The number of nitrogens with zero attached hydrogens (tertiary/aromatic N) is 7. The van der Waals surface area contributed by atoms with Crippen molar-refractivity contribution in [2.45, 2.75) is 101 Å². The first-order chi connectivity index (χ1) is 46.1. The van der Waals surface area contributed by atoms with Crippen molar-refractivity contribution in [1.29, 1.82) is 16.2 Å². The topological polar surface area (TPSA) is 400 Å². The Morgan fingerprint density at radius 1 is 0.385 bits per heavy atom. The molecule has 3 aromatic heterocycles. The maximum absolute atomic E-state index is 11.3. The second kappa shape index (κ2) is 62.1. The summed E-state index contributed by atoms with van der Waals surface area (Å²) in [6, 6.07) is 54.4. The number of rotatable bonds is 16. The normalized spacial score (nSPS) is 9.24. The summed E-state index contributed by atoms with van der Waals surface area (Å²) in [6.07, 6.45) is 5.94. The summed E-state index contributed by atoms with van der Waals surface area (Å²) in [6.45, 7) is 23.1. The van der Waals surface area contributed by atoms with E-state index in [0.29, 0.717) is 42.5 Å². The van der Waals surface area contributed by atoms with Crippen LogP contribution >= 0.6 is 28.3 Å². The summed E-state index contributed by atoms with van der Waals surface area (Å²) in [4.78, 5) is 31.4. The van der Waals surface area contributed by atoms with Gasteiger partial charge in [0.25, 0.3) is 5.69 Å². The fourth-order valence-corrected chi connectivity index (χ4v) is 10.1. The molecular formula is C74H105Cl6N19O2Pt3-9. The minimum Gasteiger partial charge on any atom is -0.693 e. The molecule has 0 aliphatic carbocycles. The number of nitrogens with two attached hydrogens (primary N) is 6. The first kappa shape index (κ1) is 111. The standard InChI is InChI=1S/C23H23N5O2.C23H24N4.C19H22N4.3C3H8.6ClH.6H2N.3Pt/c1-3-21(24)27(2)13-12-25-22-18-10-8-15-6-4-5-7-17(15)23(18)26-20-11-9-16(28(29)30)14-19(20)22;1-3-21(24)27(2)15-14-25-22-18-10-6-7-11-20(18)26-23-17-9-5-4-8-16(17)12-13-19(22)23;1-3-18(20)23(2)13-12-21-19-14-8-4-6-10-16(14)22-17-11-7-5-9-15(17)19;3*1-3-2;;;;;;;;;;;;;;;/h4-11,14,24H,3,12-13H2,1-2H3,(H,25,26);4-13,24H,3,14-15H2,1-2H3,(H,25,26);4-11,20H,3,12-13H2,1-2H3,(H,21,22);3*3H2,1-2H3;6*1H;6*1H2;;;/q;;;;;;;;;;;;6*-1;3*+1/p-6. The number of amidine groups is 3. The number of nitrogens with one attached hydrogen (secondary N) is 6. The Bertz CT molecular complexity index is 4160. The van der Waals surface area contributed by atoms with E-state index in [-0.39, 0.29) is 84.7 Å². The van der Waals surface area contributed by atoms with Gasteiger partial charge in [-0.15, -0.1) is 0 Å². The van der Waals surface area contributed by atoms with Crippen LogP contribution in [0.15, 0.2) is 164 Å². The summed E-state index contributed by atoms with van der Waals surface area (Å²) in [5.74, 6) is 1.89. The molecule has 0 aliphatic heterocycles. The molecule has 0 saturated carbocycles. The van der Waals surface area contributed by atoms with Crippen LogP contribution in [0.1, 0.15) is 101 Å². The number of benzene rings is 8.